The fraction of sp³-hybridized carbons (Fsp3) is 0.600. The summed E-state index contributed by atoms with van der Waals surface area (Å²) >= 11 is 0. The standard InChI is InChI=1S/C15H24O2/c1-11(2)9-16-14-8-6-7-13(5)15(14)17-10-12(3)4/h6-8,11-12H,9-10H2,1-5H3. The molecule has 2 heteroatoms. The molecule has 1 rings (SSSR count). The SMILES string of the molecule is Cc1cccc(OCC(C)C)c1OCC(C)C. The highest BCUT2D eigenvalue weighted by molar-refractivity contribution is 5.45. The molecule has 0 saturated heterocycles. The van der Waals surface area contributed by atoms with Gasteiger partial charge < -0.3 is 9.47 Å². The molecular weight excluding hydrogens is 212 g/mol. The maximum atomic E-state index is 5.84. The molecule has 0 heterocycles. The highest BCUT2D eigenvalue weighted by Gasteiger charge is 2.09. The quantitative estimate of drug-likeness (QED) is 0.741. The maximum Gasteiger partial charge on any atom is 0.164 e. The minimum Gasteiger partial charge on any atom is -0.489 e. The first-order valence-corrected chi connectivity index (χ1v) is 6.36. The van der Waals surface area contributed by atoms with Crippen molar-refractivity contribution in [1.82, 2.24) is 0 Å². The minimum atomic E-state index is 0.521. The third-order valence-electron chi connectivity index (χ3n) is 2.31. The monoisotopic (exact) mass is 236 g/mol. The van der Waals surface area contributed by atoms with E-state index in [9.17, 15) is 0 Å². The number of rotatable bonds is 6. The Morgan fingerprint density at radius 2 is 1.53 bits per heavy atom. The zero-order valence-electron chi connectivity index (χ0n) is 11.6. The van der Waals surface area contributed by atoms with Gasteiger partial charge in [0.05, 0.1) is 13.2 Å². The van der Waals surface area contributed by atoms with E-state index in [0.717, 1.165) is 30.3 Å². The van der Waals surface area contributed by atoms with Gasteiger partial charge in [-0.3, -0.25) is 0 Å². The summed E-state index contributed by atoms with van der Waals surface area (Å²) in [5.41, 5.74) is 1.13. The van der Waals surface area contributed by atoms with Gasteiger partial charge in [-0.15, -0.1) is 0 Å². The van der Waals surface area contributed by atoms with Gasteiger partial charge in [0.1, 0.15) is 0 Å². The van der Waals surface area contributed by atoms with Crippen LogP contribution in [0.4, 0.5) is 0 Å². The Hall–Kier alpha value is -1.18. The molecule has 0 N–H and O–H groups in total. The van der Waals surface area contributed by atoms with E-state index in [4.69, 9.17) is 9.47 Å². The number of ether oxygens (including phenoxy) is 2. The lowest BCUT2D eigenvalue weighted by Crippen LogP contribution is -2.09. The van der Waals surface area contributed by atoms with Crippen LogP contribution < -0.4 is 9.47 Å². The summed E-state index contributed by atoms with van der Waals surface area (Å²) in [5, 5.41) is 0. The van der Waals surface area contributed by atoms with E-state index in [-0.39, 0.29) is 0 Å². The summed E-state index contributed by atoms with van der Waals surface area (Å²) in [6, 6.07) is 6.04. The van der Waals surface area contributed by atoms with Crippen LogP contribution >= 0.6 is 0 Å². The van der Waals surface area contributed by atoms with E-state index in [1.165, 1.54) is 0 Å². The first-order chi connectivity index (χ1) is 8.00. The molecule has 0 unspecified atom stereocenters. The van der Waals surface area contributed by atoms with E-state index in [2.05, 4.69) is 40.7 Å². The van der Waals surface area contributed by atoms with Crippen molar-refractivity contribution in [3.63, 3.8) is 0 Å². The van der Waals surface area contributed by atoms with E-state index in [1.807, 2.05) is 12.1 Å². The van der Waals surface area contributed by atoms with Crippen LogP contribution in [0.3, 0.4) is 0 Å². The predicted molar refractivity (Wildman–Crippen MR) is 71.8 cm³/mol. The zero-order chi connectivity index (χ0) is 12.8. The van der Waals surface area contributed by atoms with Crippen LogP contribution in [0.2, 0.25) is 0 Å². The van der Waals surface area contributed by atoms with Crippen molar-refractivity contribution in [1.29, 1.82) is 0 Å². The van der Waals surface area contributed by atoms with Gasteiger partial charge in [-0.05, 0) is 30.4 Å². The largest absolute Gasteiger partial charge is 0.489 e. The molecule has 0 atom stereocenters. The summed E-state index contributed by atoms with van der Waals surface area (Å²) in [6.45, 7) is 12.1. The van der Waals surface area contributed by atoms with E-state index < -0.39 is 0 Å². The van der Waals surface area contributed by atoms with Crippen molar-refractivity contribution in [2.24, 2.45) is 11.8 Å². The molecule has 1 aromatic carbocycles. The normalized spacial score (nSPS) is 11.0. The van der Waals surface area contributed by atoms with Crippen molar-refractivity contribution in [2.75, 3.05) is 13.2 Å². The van der Waals surface area contributed by atoms with Crippen LogP contribution in [0.1, 0.15) is 33.3 Å². The van der Waals surface area contributed by atoms with Gasteiger partial charge >= 0.3 is 0 Å². The fourth-order valence-corrected chi connectivity index (χ4v) is 1.43. The summed E-state index contributed by atoms with van der Waals surface area (Å²) < 4.78 is 11.6. The second-order valence-electron chi connectivity index (χ2n) is 5.31. The lowest BCUT2D eigenvalue weighted by Gasteiger charge is -2.17. The Morgan fingerprint density at radius 1 is 0.941 bits per heavy atom. The molecule has 0 aromatic heterocycles. The van der Waals surface area contributed by atoms with Gasteiger partial charge in [-0.1, -0.05) is 39.8 Å². The second kappa shape index (κ2) is 6.53. The van der Waals surface area contributed by atoms with Gasteiger partial charge in [0.15, 0.2) is 11.5 Å². The minimum absolute atomic E-state index is 0.521. The Balaban J connectivity index is 2.76. The van der Waals surface area contributed by atoms with Crippen LogP contribution in [0.5, 0.6) is 11.5 Å². The van der Waals surface area contributed by atoms with Crippen LogP contribution in [0.15, 0.2) is 18.2 Å². The molecule has 0 aliphatic rings. The lowest BCUT2D eigenvalue weighted by atomic mass is 10.2. The first kappa shape index (κ1) is 13.9. The third-order valence-corrected chi connectivity index (χ3v) is 2.31. The van der Waals surface area contributed by atoms with Gasteiger partial charge in [-0.2, -0.15) is 0 Å². The summed E-state index contributed by atoms with van der Waals surface area (Å²) in [4.78, 5) is 0. The van der Waals surface area contributed by atoms with E-state index in [1.54, 1.807) is 0 Å². The van der Waals surface area contributed by atoms with Gasteiger partial charge in [0.2, 0.25) is 0 Å². The van der Waals surface area contributed by atoms with Gasteiger partial charge in [0, 0.05) is 0 Å². The molecule has 0 bridgehead atoms. The van der Waals surface area contributed by atoms with Crippen LogP contribution in [0.25, 0.3) is 0 Å². The van der Waals surface area contributed by atoms with Gasteiger partial charge in [-0.25, -0.2) is 0 Å². The van der Waals surface area contributed by atoms with Crippen molar-refractivity contribution >= 4 is 0 Å². The smallest absolute Gasteiger partial charge is 0.164 e. The van der Waals surface area contributed by atoms with Crippen molar-refractivity contribution in [2.45, 2.75) is 34.6 Å². The Bertz CT molecular complexity index is 343. The van der Waals surface area contributed by atoms with Crippen LogP contribution in [0, 0.1) is 18.8 Å². The van der Waals surface area contributed by atoms with Gasteiger partial charge in [0.25, 0.3) is 0 Å². The summed E-state index contributed by atoms with van der Waals surface area (Å²) in [7, 11) is 0. The molecule has 0 aliphatic heterocycles. The third kappa shape index (κ3) is 4.68. The summed E-state index contributed by atoms with van der Waals surface area (Å²) in [5.74, 6) is 2.79. The average molecular weight is 236 g/mol. The lowest BCUT2D eigenvalue weighted by molar-refractivity contribution is 0.228. The highest BCUT2D eigenvalue weighted by atomic mass is 16.5. The Labute approximate surface area is 105 Å². The molecule has 0 spiro atoms. The zero-order valence-corrected chi connectivity index (χ0v) is 11.6. The number of para-hydroxylation sites is 1. The second-order valence-corrected chi connectivity index (χ2v) is 5.31. The molecule has 0 aliphatic carbocycles. The van der Waals surface area contributed by atoms with Crippen molar-refractivity contribution < 1.29 is 9.47 Å². The van der Waals surface area contributed by atoms with Crippen LogP contribution in [-0.2, 0) is 0 Å². The number of hydrogen-bond donors (Lipinski definition) is 0. The van der Waals surface area contributed by atoms with Crippen molar-refractivity contribution in [3.05, 3.63) is 23.8 Å². The number of aryl methyl sites for hydroxylation is 1. The number of hydrogen-bond acceptors (Lipinski definition) is 2. The topological polar surface area (TPSA) is 18.5 Å². The molecule has 1 aromatic rings. The fourth-order valence-electron chi connectivity index (χ4n) is 1.43. The van der Waals surface area contributed by atoms with E-state index in [0.29, 0.717) is 11.8 Å². The molecular formula is C15H24O2. The Kier molecular flexibility index (Phi) is 5.33. The predicted octanol–water partition coefficient (Wildman–Crippen LogP) is 4.06. The van der Waals surface area contributed by atoms with Crippen molar-refractivity contribution in [3.8, 4) is 11.5 Å². The molecule has 2 nitrogen and oxygen atoms in total. The molecule has 17 heavy (non-hydrogen) atoms. The van der Waals surface area contributed by atoms with Crippen LogP contribution in [-0.4, -0.2) is 13.2 Å². The van der Waals surface area contributed by atoms with E-state index >= 15 is 0 Å². The maximum absolute atomic E-state index is 5.84. The summed E-state index contributed by atoms with van der Waals surface area (Å²) in [6.07, 6.45) is 0. The highest BCUT2D eigenvalue weighted by Crippen LogP contribution is 2.31. The average Bonchev–Trinajstić information content (AvgIpc) is 2.24. The molecule has 0 saturated carbocycles. The Morgan fingerprint density at radius 3 is 2.12 bits per heavy atom. The molecule has 0 radical (unpaired) electrons. The number of benzene rings is 1. The molecule has 96 valence electrons. The first-order valence-electron chi connectivity index (χ1n) is 6.36. The molecule has 0 fully saturated rings. The molecule has 0 amide bonds.